The summed E-state index contributed by atoms with van der Waals surface area (Å²) < 4.78 is 0. The van der Waals surface area contributed by atoms with E-state index in [4.69, 9.17) is 4.98 Å². The first-order chi connectivity index (χ1) is 10.2. The van der Waals surface area contributed by atoms with Crippen LogP contribution in [-0.4, -0.2) is 24.6 Å². The van der Waals surface area contributed by atoms with Gasteiger partial charge in [-0.1, -0.05) is 33.1 Å². The molecule has 1 heterocycles. The van der Waals surface area contributed by atoms with E-state index in [0.29, 0.717) is 6.04 Å². The predicted molar refractivity (Wildman–Crippen MR) is 90.9 cm³/mol. The quantitative estimate of drug-likeness (QED) is 0.771. The van der Waals surface area contributed by atoms with Crippen LogP contribution >= 0.6 is 0 Å². The van der Waals surface area contributed by atoms with Crippen LogP contribution in [0.3, 0.4) is 0 Å². The van der Waals surface area contributed by atoms with Gasteiger partial charge in [0.2, 0.25) is 0 Å². The van der Waals surface area contributed by atoms with Crippen LogP contribution in [0, 0.1) is 0 Å². The van der Waals surface area contributed by atoms with Gasteiger partial charge in [-0.3, -0.25) is 0 Å². The van der Waals surface area contributed by atoms with Crippen molar-refractivity contribution in [3.05, 3.63) is 23.4 Å². The Kier molecular flexibility index (Phi) is 6.50. The zero-order valence-electron chi connectivity index (χ0n) is 14.0. The molecule has 1 aromatic rings. The van der Waals surface area contributed by atoms with Gasteiger partial charge in [0.15, 0.2) is 0 Å². The molecule has 3 heteroatoms. The molecule has 0 amide bonds. The molecule has 21 heavy (non-hydrogen) atoms. The summed E-state index contributed by atoms with van der Waals surface area (Å²) in [6, 6.07) is 5.20. The Morgan fingerprint density at radius 1 is 1.19 bits per heavy atom. The average Bonchev–Trinajstić information content (AvgIpc) is 2.55. The van der Waals surface area contributed by atoms with Crippen LogP contribution in [0.25, 0.3) is 0 Å². The highest BCUT2D eigenvalue weighted by atomic mass is 15.2. The highest BCUT2D eigenvalue weighted by Crippen LogP contribution is 2.26. The van der Waals surface area contributed by atoms with Gasteiger partial charge in [0.25, 0.3) is 0 Å². The minimum atomic E-state index is 0.676. The fourth-order valence-corrected chi connectivity index (χ4v) is 3.16. The van der Waals surface area contributed by atoms with E-state index in [1.807, 2.05) is 0 Å². The Hall–Kier alpha value is -1.09. The van der Waals surface area contributed by atoms with Gasteiger partial charge in [-0.25, -0.2) is 4.98 Å². The van der Waals surface area contributed by atoms with E-state index in [-0.39, 0.29) is 0 Å². The molecule has 1 aromatic heterocycles. The Labute approximate surface area is 130 Å². The molecule has 0 aromatic carbocycles. The summed E-state index contributed by atoms with van der Waals surface area (Å²) in [6.45, 7) is 6.43. The summed E-state index contributed by atoms with van der Waals surface area (Å²) >= 11 is 0. The summed E-state index contributed by atoms with van der Waals surface area (Å²) in [4.78, 5) is 7.27. The number of rotatable bonds is 7. The van der Waals surface area contributed by atoms with Crippen LogP contribution in [0.5, 0.6) is 0 Å². The highest BCUT2D eigenvalue weighted by molar-refractivity contribution is 5.43. The summed E-state index contributed by atoms with van der Waals surface area (Å²) in [7, 11) is 2.22. The number of hydrogen-bond donors (Lipinski definition) is 1. The average molecular weight is 289 g/mol. The zero-order chi connectivity index (χ0) is 15.1. The first kappa shape index (κ1) is 16.3. The Morgan fingerprint density at radius 2 is 1.95 bits per heavy atom. The molecule has 0 atom stereocenters. The number of aryl methyl sites for hydroxylation is 1. The van der Waals surface area contributed by atoms with E-state index >= 15 is 0 Å². The molecule has 0 spiro atoms. The molecule has 0 unspecified atom stereocenters. The van der Waals surface area contributed by atoms with Crippen LogP contribution in [0.1, 0.15) is 63.6 Å². The number of hydrogen-bond acceptors (Lipinski definition) is 3. The second-order valence-electron chi connectivity index (χ2n) is 6.26. The predicted octanol–water partition coefficient (Wildman–Crippen LogP) is 3.91. The molecule has 0 bridgehead atoms. The van der Waals surface area contributed by atoms with Crippen LogP contribution in [0.15, 0.2) is 12.1 Å². The minimum absolute atomic E-state index is 0.676. The molecule has 1 saturated carbocycles. The normalized spacial score (nSPS) is 16.1. The van der Waals surface area contributed by atoms with Gasteiger partial charge in [0.05, 0.1) is 0 Å². The summed E-state index contributed by atoms with van der Waals surface area (Å²) in [5.74, 6) is 1.16. The van der Waals surface area contributed by atoms with Crippen LogP contribution in [0.4, 0.5) is 5.82 Å². The molecule has 1 fully saturated rings. The lowest BCUT2D eigenvalue weighted by atomic mass is 9.94. The van der Waals surface area contributed by atoms with Crippen LogP contribution < -0.4 is 10.2 Å². The lowest BCUT2D eigenvalue weighted by Crippen LogP contribution is -2.34. The first-order valence-electron chi connectivity index (χ1n) is 8.68. The van der Waals surface area contributed by atoms with Gasteiger partial charge in [-0.15, -0.1) is 0 Å². The van der Waals surface area contributed by atoms with Crippen molar-refractivity contribution in [2.45, 2.75) is 71.4 Å². The van der Waals surface area contributed by atoms with E-state index in [0.717, 1.165) is 25.3 Å². The third-order valence-electron chi connectivity index (χ3n) is 4.53. The first-order valence-corrected chi connectivity index (χ1v) is 8.68. The maximum atomic E-state index is 4.85. The number of aromatic nitrogens is 1. The maximum absolute atomic E-state index is 4.85. The standard InChI is InChI=1S/C18H31N3/c1-4-11-19-14-15-12-16(5-2)20-18(13-15)21(3)17-9-7-6-8-10-17/h12-13,17,19H,4-11,14H2,1-3H3. The lowest BCUT2D eigenvalue weighted by molar-refractivity contribution is 0.425. The van der Waals surface area contributed by atoms with Crippen molar-refractivity contribution in [2.24, 2.45) is 0 Å². The molecular weight excluding hydrogens is 258 g/mol. The molecule has 3 nitrogen and oxygen atoms in total. The molecule has 0 aliphatic heterocycles. The van der Waals surface area contributed by atoms with Crippen molar-refractivity contribution in [1.29, 1.82) is 0 Å². The number of nitrogens with zero attached hydrogens (tertiary/aromatic N) is 2. The zero-order valence-corrected chi connectivity index (χ0v) is 14.0. The SMILES string of the molecule is CCCNCc1cc(CC)nc(N(C)C2CCCCC2)c1. The van der Waals surface area contributed by atoms with E-state index in [2.05, 4.69) is 43.2 Å². The van der Waals surface area contributed by atoms with Gasteiger partial charge >= 0.3 is 0 Å². The fraction of sp³-hybridized carbons (Fsp3) is 0.722. The van der Waals surface area contributed by atoms with Crippen molar-refractivity contribution in [3.8, 4) is 0 Å². The van der Waals surface area contributed by atoms with E-state index in [9.17, 15) is 0 Å². The van der Waals surface area contributed by atoms with Crippen molar-refractivity contribution < 1.29 is 0 Å². The summed E-state index contributed by atoms with van der Waals surface area (Å²) in [5, 5.41) is 3.50. The second kappa shape index (κ2) is 8.38. The Bertz CT molecular complexity index is 424. The van der Waals surface area contributed by atoms with Crippen molar-refractivity contribution in [1.82, 2.24) is 10.3 Å². The number of anilines is 1. The molecule has 118 valence electrons. The Morgan fingerprint density at radius 3 is 2.62 bits per heavy atom. The van der Waals surface area contributed by atoms with Crippen molar-refractivity contribution in [3.63, 3.8) is 0 Å². The van der Waals surface area contributed by atoms with Crippen LogP contribution in [0.2, 0.25) is 0 Å². The molecular formula is C18H31N3. The fourth-order valence-electron chi connectivity index (χ4n) is 3.16. The van der Waals surface area contributed by atoms with Gasteiger partial charge in [-0.05, 0) is 49.9 Å². The molecule has 0 saturated heterocycles. The molecule has 0 radical (unpaired) electrons. The van der Waals surface area contributed by atoms with Gasteiger partial charge in [-0.2, -0.15) is 0 Å². The summed E-state index contributed by atoms with van der Waals surface area (Å²) in [5.41, 5.74) is 2.58. The number of nitrogens with one attached hydrogen (secondary N) is 1. The second-order valence-corrected chi connectivity index (χ2v) is 6.26. The van der Waals surface area contributed by atoms with Gasteiger partial charge < -0.3 is 10.2 Å². The monoisotopic (exact) mass is 289 g/mol. The summed E-state index contributed by atoms with van der Waals surface area (Å²) in [6.07, 6.45) is 8.96. The minimum Gasteiger partial charge on any atom is -0.357 e. The lowest BCUT2D eigenvalue weighted by Gasteiger charge is -2.32. The topological polar surface area (TPSA) is 28.2 Å². The van der Waals surface area contributed by atoms with Crippen LogP contribution in [-0.2, 0) is 13.0 Å². The largest absolute Gasteiger partial charge is 0.357 e. The van der Waals surface area contributed by atoms with E-state index in [1.54, 1.807) is 0 Å². The van der Waals surface area contributed by atoms with Crippen molar-refractivity contribution in [2.75, 3.05) is 18.5 Å². The molecule has 1 aliphatic rings. The number of pyridine rings is 1. The van der Waals surface area contributed by atoms with E-state index < -0.39 is 0 Å². The Balaban J connectivity index is 2.10. The molecule has 1 N–H and O–H groups in total. The maximum Gasteiger partial charge on any atom is 0.129 e. The molecule has 2 rings (SSSR count). The third-order valence-corrected chi connectivity index (χ3v) is 4.53. The van der Waals surface area contributed by atoms with Crippen molar-refractivity contribution >= 4 is 5.82 Å². The van der Waals surface area contributed by atoms with Gasteiger partial charge in [0, 0.05) is 25.3 Å². The highest BCUT2D eigenvalue weighted by Gasteiger charge is 2.19. The van der Waals surface area contributed by atoms with E-state index in [1.165, 1.54) is 49.8 Å². The third kappa shape index (κ3) is 4.70. The molecule has 1 aliphatic carbocycles. The van der Waals surface area contributed by atoms with Gasteiger partial charge in [0.1, 0.15) is 5.82 Å². The smallest absolute Gasteiger partial charge is 0.129 e.